The minimum absolute atomic E-state index is 0.195. The van der Waals surface area contributed by atoms with Gasteiger partial charge in [-0.25, -0.2) is 0 Å². The molecule has 0 aromatic rings. The molecule has 0 amide bonds. The average Bonchev–Trinajstić information content (AvgIpc) is 2.34. The third-order valence-electron chi connectivity index (χ3n) is 2.37. The zero-order chi connectivity index (χ0) is 7.90. The summed E-state index contributed by atoms with van der Waals surface area (Å²) in [6, 6.07) is 0. The Morgan fingerprint density at radius 2 is 2.36 bits per heavy atom. The predicted octanol–water partition coefficient (Wildman–Crippen LogP) is 1.19. The van der Waals surface area contributed by atoms with Crippen LogP contribution in [0.5, 0.6) is 0 Å². The van der Waals surface area contributed by atoms with Gasteiger partial charge in [0.25, 0.3) is 0 Å². The first-order chi connectivity index (χ1) is 5.20. The number of hydrogen-bond acceptors (Lipinski definition) is 3. The third kappa shape index (κ3) is 1.03. The van der Waals surface area contributed by atoms with Crippen molar-refractivity contribution in [3.05, 3.63) is 0 Å². The van der Waals surface area contributed by atoms with Crippen LogP contribution in [0.4, 0.5) is 0 Å². The summed E-state index contributed by atoms with van der Waals surface area (Å²) in [7, 11) is 0. The monoisotopic (exact) mass is 155 g/mol. The highest BCUT2D eigenvalue weighted by molar-refractivity contribution is 5.94. The first-order valence-electron chi connectivity index (χ1n) is 4.04. The van der Waals surface area contributed by atoms with Crippen molar-refractivity contribution in [2.24, 2.45) is 11.1 Å². The van der Waals surface area contributed by atoms with Gasteiger partial charge in [-0.2, -0.15) is 0 Å². The molecule has 0 unspecified atom stereocenters. The summed E-state index contributed by atoms with van der Waals surface area (Å²) in [5.74, 6) is 0.513. The topological polar surface area (TPSA) is 30.8 Å². The summed E-state index contributed by atoms with van der Waals surface area (Å²) in [6.07, 6.45) is 1.06. The molecule has 0 N–H and O–H groups in total. The Bertz CT molecular complexity index is 198. The van der Waals surface area contributed by atoms with Crippen LogP contribution >= 0.6 is 0 Å². The first-order valence-corrected chi connectivity index (χ1v) is 4.04. The van der Waals surface area contributed by atoms with Gasteiger partial charge in [0.05, 0.1) is 5.71 Å². The number of nitrogens with zero attached hydrogens (tertiary/aromatic N) is 1. The Morgan fingerprint density at radius 3 is 3.09 bits per heavy atom. The molecule has 2 aliphatic rings. The molecule has 1 fully saturated rings. The van der Waals surface area contributed by atoms with Crippen molar-refractivity contribution in [3.8, 4) is 0 Å². The molecule has 3 nitrogen and oxygen atoms in total. The van der Waals surface area contributed by atoms with Crippen molar-refractivity contribution in [3.63, 3.8) is 0 Å². The Morgan fingerprint density at radius 1 is 1.55 bits per heavy atom. The maximum absolute atomic E-state index is 5.57. The van der Waals surface area contributed by atoms with E-state index in [1.54, 1.807) is 0 Å². The summed E-state index contributed by atoms with van der Waals surface area (Å²) >= 11 is 0. The van der Waals surface area contributed by atoms with Crippen LogP contribution in [0.25, 0.3) is 0 Å². The van der Waals surface area contributed by atoms with Gasteiger partial charge in [0.2, 0.25) is 0 Å². The van der Waals surface area contributed by atoms with Crippen molar-refractivity contribution in [1.29, 1.82) is 0 Å². The minimum atomic E-state index is -0.195. The van der Waals surface area contributed by atoms with Crippen molar-refractivity contribution >= 4 is 5.71 Å². The van der Waals surface area contributed by atoms with Gasteiger partial charge in [0.15, 0.2) is 0 Å². The van der Waals surface area contributed by atoms with Gasteiger partial charge in [0.1, 0.15) is 12.2 Å². The zero-order valence-electron chi connectivity index (χ0n) is 6.96. The van der Waals surface area contributed by atoms with E-state index in [-0.39, 0.29) is 5.60 Å². The molecular formula is C8H13NO2. The smallest absolute Gasteiger partial charge is 0.125 e. The Kier molecular flexibility index (Phi) is 1.42. The van der Waals surface area contributed by atoms with E-state index in [2.05, 4.69) is 5.16 Å². The van der Waals surface area contributed by atoms with Gasteiger partial charge in [-0.15, -0.1) is 0 Å². The van der Waals surface area contributed by atoms with Crippen LogP contribution in [0.15, 0.2) is 5.16 Å². The molecule has 0 spiro atoms. The molecule has 1 saturated heterocycles. The fourth-order valence-corrected chi connectivity index (χ4v) is 1.70. The van der Waals surface area contributed by atoms with E-state index in [9.17, 15) is 0 Å². The summed E-state index contributed by atoms with van der Waals surface area (Å²) in [4.78, 5) is 5.04. The van der Waals surface area contributed by atoms with Crippen LogP contribution in [0.2, 0.25) is 0 Å². The van der Waals surface area contributed by atoms with Gasteiger partial charge < -0.3 is 9.57 Å². The number of rotatable bonds is 0. The highest BCUT2D eigenvalue weighted by Gasteiger charge is 2.39. The van der Waals surface area contributed by atoms with Gasteiger partial charge >= 0.3 is 0 Å². The Labute approximate surface area is 66.4 Å². The summed E-state index contributed by atoms with van der Waals surface area (Å²) in [5, 5.41) is 4.00. The molecule has 62 valence electrons. The van der Waals surface area contributed by atoms with E-state index >= 15 is 0 Å². The standard InChI is InChI=1S/C8H13NO2/c1-8(2)7-6(3-4-10-8)5-11-9-7/h6H,3-5H2,1-2H3/t6-/m1/s1. The van der Waals surface area contributed by atoms with Crippen molar-refractivity contribution in [1.82, 2.24) is 0 Å². The van der Waals surface area contributed by atoms with Crippen LogP contribution in [-0.2, 0) is 9.57 Å². The number of fused-ring (bicyclic) bond motifs is 1. The second-order valence-corrected chi connectivity index (χ2v) is 3.62. The predicted molar refractivity (Wildman–Crippen MR) is 41.5 cm³/mol. The molecule has 2 aliphatic heterocycles. The fourth-order valence-electron chi connectivity index (χ4n) is 1.70. The van der Waals surface area contributed by atoms with Crippen LogP contribution in [0, 0.1) is 5.92 Å². The lowest BCUT2D eigenvalue weighted by Crippen LogP contribution is -2.43. The van der Waals surface area contributed by atoms with E-state index < -0.39 is 0 Å². The lowest BCUT2D eigenvalue weighted by atomic mass is 9.87. The van der Waals surface area contributed by atoms with E-state index in [0.29, 0.717) is 5.92 Å². The largest absolute Gasteiger partial charge is 0.395 e. The van der Waals surface area contributed by atoms with Crippen LogP contribution < -0.4 is 0 Å². The average molecular weight is 155 g/mol. The SMILES string of the molecule is CC1(C)OCC[C@@H]2CON=C21. The van der Waals surface area contributed by atoms with Gasteiger partial charge in [-0.3, -0.25) is 0 Å². The summed E-state index contributed by atoms with van der Waals surface area (Å²) in [6.45, 7) is 5.68. The maximum Gasteiger partial charge on any atom is 0.125 e. The van der Waals surface area contributed by atoms with Gasteiger partial charge in [0, 0.05) is 12.5 Å². The van der Waals surface area contributed by atoms with Gasteiger partial charge in [-0.1, -0.05) is 5.16 Å². The van der Waals surface area contributed by atoms with Crippen molar-refractivity contribution < 1.29 is 9.57 Å². The molecular weight excluding hydrogens is 142 g/mol. The molecule has 1 atom stereocenters. The van der Waals surface area contributed by atoms with Crippen molar-refractivity contribution in [2.75, 3.05) is 13.2 Å². The molecule has 0 radical (unpaired) electrons. The lowest BCUT2D eigenvalue weighted by Gasteiger charge is -2.32. The highest BCUT2D eigenvalue weighted by atomic mass is 16.6. The quantitative estimate of drug-likeness (QED) is 0.526. The first kappa shape index (κ1) is 7.10. The van der Waals surface area contributed by atoms with Crippen LogP contribution in [0.3, 0.4) is 0 Å². The van der Waals surface area contributed by atoms with Crippen LogP contribution in [-0.4, -0.2) is 24.5 Å². The van der Waals surface area contributed by atoms with Crippen molar-refractivity contribution in [2.45, 2.75) is 25.9 Å². The Balaban J connectivity index is 2.24. The molecule has 3 heteroatoms. The second-order valence-electron chi connectivity index (χ2n) is 3.62. The van der Waals surface area contributed by atoms with E-state index in [1.807, 2.05) is 13.8 Å². The summed E-state index contributed by atoms with van der Waals surface area (Å²) < 4.78 is 5.57. The van der Waals surface area contributed by atoms with E-state index in [0.717, 1.165) is 25.3 Å². The molecule has 0 aromatic carbocycles. The van der Waals surface area contributed by atoms with E-state index in [1.165, 1.54) is 0 Å². The maximum atomic E-state index is 5.57. The second kappa shape index (κ2) is 2.21. The third-order valence-corrected chi connectivity index (χ3v) is 2.37. The minimum Gasteiger partial charge on any atom is -0.395 e. The molecule has 11 heavy (non-hydrogen) atoms. The number of hydrogen-bond donors (Lipinski definition) is 0. The number of oxime groups is 1. The van der Waals surface area contributed by atoms with E-state index in [4.69, 9.17) is 9.57 Å². The molecule has 2 rings (SSSR count). The normalized spacial score (nSPS) is 34.0. The highest BCUT2D eigenvalue weighted by Crippen LogP contribution is 2.29. The molecule has 0 aliphatic carbocycles. The zero-order valence-corrected chi connectivity index (χ0v) is 6.96. The molecule has 0 aromatic heterocycles. The van der Waals surface area contributed by atoms with Gasteiger partial charge in [-0.05, 0) is 20.3 Å². The summed E-state index contributed by atoms with van der Waals surface area (Å²) in [5.41, 5.74) is 0.892. The molecule has 2 heterocycles. The van der Waals surface area contributed by atoms with Crippen LogP contribution in [0.1, 0.15) is 20.3 Å². The molecule has 0 bridgehead atoms. The lowest BCUT2D eigenvalue weighted by molar-refractivity contribution is 0.00889. The Hall–Kier alpha value is -0.570. The fraction of sp³-hybridized carbons (Fsp3) is 0.875. The number of ether oxygens (including phenoxy) is 1. The molecule has 0 saturated carbocycles.